The van der Waals surface area contributed by atoms with E-state index in [4.69, 9.17) is 5.26 Å². The van der Waals surface area contributed by atoms with E-state index in [-0.39, 0.29) is 11.9 Å². The average molecular weight is 254 g/mol. The molecule has 0 amide bonds. The average Bonchev–Trinajstić information content (AvgIpc) is 2.46. The van der Waals surface area contributed by atoms with E-state index >= 15 is 0 Å². The number of nitriles is 1. The van der Waals surface area contributed by atoms with Crippen LogP contribution in [-0.4, -0.2) is 7.05 Å². The van der Waals surface area contributed by atoms with Gasteiger partial charge >= 0.3 is 0 Å². The standard InChI is InChI=1S/C16H15FN2/c1-11(19-2)15-7-6-14(17)9-16(15)13-5-3-4-12(8-13)10-18/h3-9,11,19H,1-2H3. The molecule has 96 valence electrons. The second kappa shape index (κ2) is 5.64. The maximum absolute atomic E-state index is 13.5. The Bertz CT molecular complexity index is 629. The topological polar surface area (TPSA) is 35.8 Å². The molecule has 1 unspecified atom stereocenters. The fourth-order valence-electron chi connectivity index (χ4n) is 2.07. The highest BCUT2D eigenvalue weighted by Crippen LogP contribution is 2.29. The molecule has 0 aliphatic carbocycles. The van der Waals surface area contributed by atoms with Gasteiger partial charge in [-0.15, -0.1) is 0 Å². The van der Waals surface area contributed by atoms with Crippen LogP contribution in [0.3, 0.4) is 0 Å². The fraction of sp³-hybridized carbons (Fsp3) is 0.188. The van der Waals surface area contributed by atoms with Crippen LogP contribution in [0.2, 0.25) is 0 Å². The Labute approximate surface area is 112 Å². The third-order valence-electron chi connectivity index (χ3n) is 3.22. The Hall–Kier alpha value is -2.18. The van der Waals surface area contributed by atoms with Crippen LogP contribution in [0.4, 0.5) is 4.39 Å². The van der Waals surface area contributed by atoms with Gasteiger partial charge in [0, 0.05) is 6.04 Å². The first-order chi connectivity index (χ1) is 9.15. The van der Waals surface area contributed by atoms with Gasteiger partial charge in [-0.3, -0.25) is 0 Å². The maximum atomic E-state index is 13.5. The van der Waals surface area contributed by atoms with E-state index in [0.717, 1.165) is 16.7 Å². The van der Waals surface area contributed by atoms with E-state index in [2.05, 4.69) is 11.4 Å². The monoisotopic (exact) mass is 254 g/mol. The molecule has 19 heavy (non-hydrogen) atoms. The predicted octanol–water partition coefficient (Wildman–Crippen LogP) is 3.64. The van der Waals surface area contributed by atoms with Crippen LogP contribution >= 0.6 is 0 Å². The van der Waals surface area contributed by atoms with Gasteiger partial charge in [-0.05, 0) is 54.9 Å². The van der Waals surface area contributed by atoms with Gasteiger partial charge in [-0.25, -0.2) is 4.39 Å². The van der Waals surface area contributed by atoms with Crippen LogP contribution < -0.4 is 5.32 Å². The Morgan fingerprint density at radius 2 is 2.00 bits per heavy atom. The summed E-state index contributed by atoms with van der Waals surface area (Å²) in [4.78, 5) is 0. The van der Waals surface area contributed by atoms with Crippen molar-refractivity contribution in [2.45, 2.75) is 13.0 Å². The van der Waals surface area contributed by atoms with Gasteiger partial charge < -0.3 is 5.32 Å². The highest BCUT2D eigenvalue weighted by molar-refractivity contribution is 5.69. The zero-order valence-electron chi connectivity index (χ0n) is 10.9. The molecule has 3 heteroatoms. The van der Waals surface area contributed by atoms with E-state index in [1.54, 1.807) is 18.2 Å². The van der Waals surface area contributed by atoms with Gasteiger partial charge in [-0.1, -0.05) is 18.2 Å². The van der Waals surface area contributed by atoms with Crippen molar-refractivity contribution in [1.29, 1.82) is 5.26 Å². The number of hydrogen-bond acceptors (Lipinski definition) is 2. The third-order valence-corrected chi connectivity index (χ3v) is 3.22. The first kappa shape index (κ1) is 13.3. The zero-order valence-corrected chi connectivity index (χ0v) is 10.9. The van der Waals surface area contributed by atoms with Crippen molar-refractivity contribution in [3.63, 3.8) is 0 Å². The maximum Gasteiger partial charge on any atom is 0.123 e. The van der Waals surface area contributed by atoms with Gasteiger partial charge in [0.15, 0.2) is 0 Å². The van der Waals surface area contributed by atoms with Crippen LogP contribution in [0.15, 0.2) is 42.5 Å². The molecule has 0 aliphatic rings. The minimum Gasteiger partial charge on any atom is -0.313 e. The van der Waals surface area contributed by atoms with Crippen molar-refractivity contribution in [2.75, 3.05) is 7.05 Å². The third kappa shape index (κ3) is 2.81. The summed E-state index contributed by atoms with van der Waals surface area (Å²) in [6.45, 7) is 2.02. The zero-order chi connectivity index (χ0) is 13.8. The Balaban J connectivity index is 2.59. The van der Waals surface area contributed by atoms with Gasteiger partial charge in [0.05, 0.1) is 11.6 Å². The molecule has 0 radical (unpaired) electrons. The number of benzene rings is 2. The lowest BCUT2D eigenvalue weighted by atomic mass is 9.94. The van der Waals surface area contributed by atoms with Crippen LogP contribution in [0.1, 0.15) is 24.1 Å². The van der Waals surface area contributed by atoms with E-state index in [1.165, 1.54) is 12.1 Å². The summed E-state index contributed by atoms with van der Waals surface area (Å²) in [5.74, 6) is -0.274. The first-order valence-corrected chi connectivity index (χ1v) is 6.13. The summed E-state index contributed by atoms with van der Waals surface area (Å²) in [5.41, 5.74) is 3.26. The molecular formula is C16H15FN2. The van der Waals surface area contributed by atoms with E-state index in [0.29, 0.717) is 5.56 Å². The lowest BCUT2D eigenvalue weighted by molar-refractivity contribution is 0.620. The lowest BCUT2D eigenvalue weighted by Gasteiger charge is -2.16. The Kier molecular flexibility index (Phi) is 3.94. The fourth-order valence-corrected chi connectivity index (χ4v) is 2.07. The number of nitrogens with zero attached hydrogens (tertiary/aromatic N) is 1. The molecule has 0 heterocycles. The van der Waals surface area contributed by atoms with Crippen molar-refractivity contribution < 1.29 is 4.39 Å². The number of hydrogen-bond donors (Lipinski definition) is 1. The number of halogens is 1. The summed E-state index contributed by atoms with van der Waals surface area (Å²) < 4.78 is 13.5. The van der Waals surface area contributed by atoms with Crippen molar-refractivity contribution in [2.24, 2.45) is 0 Å². The normalized spacial score (nSPS) is 11.9. The Morgan fingerprint density at radius 1 is 1.21 bits per heavy atom. The molecule has 0 saturated carbocycles. The summed E-state index contributed by atoms with van der Waals surface area (Å²) in [7, 11) is 1.86. The minimum atomic E-state index is -0.274. The summed E-state index contributed by atoms with van der Waals surface area (Å²) in [5, 5.41) is 12.1. The van der Waals surface area contributed by atoms with Crippen LogP contribution in [0, 0.1) is 17.1 Å². The molecule has 2 rings (SSSR count). The first-order valence-electron chi connectivity index (χ1n) is 6.13. The molecule has 2 aromatic carbocycles. The van der Waals surface area contributed by atoms with Crippen LogP contribution in [0.5, 0.6) is 0 Å². The van der Waals surface area contributed by atoms with Gasteiger partial charge in [0.25, 0.3) is 0 Å². The van der Waals surface area contributed by atoms with E-state index < -0.39 is 0 Å². The smallest absolute Gasteiger partial charge is 0.123 e. The SMILES string of the molecule is CNC(C)c1ccc(F)cc1-c1cccc(C#N)c1. The molecule has 2 aromatic rings. The van der Waals surface area contributed by atoms with Gasteiger partial charge in [0.2, 0.25) is 0 Å². The summed E-state index contributed by atoms with van der Waals surface area (Å²) >= 11 is 0. The second-order valence-corrected chi connectivity index (χ2v) is 4.43. The van der Waals surface area contributed by atoms with Crippen LogP contribution in [0.25, 0.3) is 11.1 Å². The molecule has 0 aromatic heterocycles. The molecular weight excluding hydrogens is 239 g/mol. The minimum absolute atomic E-state index is 0.112. The molecule has 0 spiro atoms. The number of nitrogens with one attached hydrogen (secondary N) is 1. The molecule has 1 atom stereocenters. The number of rotatable bonds is 3. The summed E-state index contributed by atoms with van der Waals surface area (Å²) in [6.07, 6.45) is 0. The molecule has 2 nitrogen and oxygen atoms in total. The van der Waals surface area contributed by atoms with Crippen LogP contribution in [-0.2, 0) is 0 Å². The lowest BCUT2D eigenvalue weighted by Crippen LogP contribution is -2.13. The van der Waals surface area contributed by atoms with Crippen molar-refractivity contribution >= 4 is 0 Å². The molecule has 1 N–H and O–H groups in total. The molecule has 0 bridgehead atoms. The van der Waals surface area contributed by atoms with Gasteiger partial charge in [-0.2, -0.15) is 5.26 Å². The van der Waals surface area contributed by atoms with E-state index in [9.17, 15) is 4.39 Å². The molecule has 0 saturated heterocycles. The van der Waals surface area contributed by atoms with E-state index in [1.807, 2.05) is 26.1 Å². The quantitative estimate of drug-likeness (QED) is 0.907. The molecule has 0 aliphatic heterocycles. The highest BCUT2D eigenvalue weighted by atomic mass is 19.1. The molecule has 0 fully saturated rings. The van der Waals surface area contributed by atoms with Crippen molar-refractivity contribution in [3.8, 4) is 17.2 Å². The predicted molar refractivity (Wildman–Crippen MR) is 74.0 cm³/mol. The van der Waals surface area contributed by atoms with Gasteiger partial charge in [0.1, 0.15) is 5.82 Å². The second-order valence-electron chi connectivity index (χ2n) is 4.43. The van der Waals surface area contributed by atoms with Crippen molar-refractivity contribution in [3.05, 3.63) is 59.4 Å². The Morgan fingerprint density at radius 3 is 2.68 bits per heavy atom. The summed E-state index contributed by atoms with van der Waals surface area (Å²) in [6, 6.07) is 14.2. The van der Waals surface area contributed by atoms with Crippen molar-refractivity contribution in [1.82, 2.24) is 5.32 Å². The highest BCUT2D eigenvalue weighted by Gasteiger charge is 2.12. The largest absolute Gasteiger partial charge is 0.313 e.